The fourth-order valence-corrected chi connectivity index (χ4v) is 3.56. The Balaban J connectivity index is 1.80. The number of aryl methyl sites for hydroxylation is 2. The van der Waals surface area contributed by atoms with Crippen molar-refractivity contribution < 1.29 is 9.59 Å². The Hall–Kier alpha value is -1.84. The van der Waals surface area contributed by atoms with Crippen LogP contribution in [0.1, 0.15) is 45.2 Å². The predicted molar refractivity (Wildman–Crippen MR) is 91.5 cm³/mol. The third-order valence-electron chi connectivity index (χ3n) is 4.95. The summed E-state index contributed by atoms with van der Waals surface area (Å²) in [5.74, 6) is 0.0683. The minimum absolute atomic E-state index is 0.0202. The van der Waals surface area contributed by atoms with Crippen molar-refractivity contribution in [1.82, 2.24) is 4.90 Å². The summed E-state index contributed by atoms with van der Waals surface area (Å²) in [6, 6.07) is 5.97. The quantitative estimate of drug-likeness (QED) is 0.800. The van der Waals surface area contributed by atoms with Crippen LogP contribution in [0.5, 0.6) is 0 Å². The largest absolute Gasteiger partial charge is 0.329 e. The second-order valence-corrected chi connectivity index (χ2v) is 7.72. The van der Waals surface area contributed by atoms with E-state index in [1.54, 1.807) is 4.90 Å². The number of carbonyl (C=O) groups is 2. The molecule has 1 saturated heterocycles. The van der Waals surface area contributed by atoms with Crippen LogP contribution in [-0.4, -0.2) is 35.8 Å². The van der Waals surface area contributed by atoms with Crippen molar-refractivity contribution in [3.63, 3.8) is 0 Å². The normalized spacial score (nSPS) is 21.6. The monoisotopic (exact) mass is 314 g/mol. The zero-order chi connectivity index (χ0) is 16.8. The summed E-state index contributed by atoms with van der Waals surface area (Å²) in [4.78, 5) is 28.9. The number of anilines is 1. The summed E-state index contributed by atoms with van der Waals surface area (Å²) in [7, 11) is 0. The maximum absolute atomic E-state index is 12.8. The summed E-state index contributed by atoms with van der Waals surface area (Å²) >= 11 is 0. The number of hydrogen-bond acceptors (Lipinski definition) is 2. The van der Waals surface area contributed by atoms with Crippen molar-refractivity contribution >= 4 is 17.5 Å². The molecule has 1 heterocycles. The average Bonchev–Trinajstić information content (AvgIpc) is 2.95. The molecular formula is C19H26N2O2. The average molecular weight is 314 g/mol. The van der Waals surface area contributed by atoms with E-state index in [4.69, 9.17) is 0 Å². The van der Waals surface area contributed by atoms with Crippen molar-refractivity contribution in [3.8, 4) is 0 Å². The van der Waals surface area contributed by atoms with Crippen LogP contribution in [0, 0.1) is 5.41 Å². The molecule has 1 aliphatic heterocycles. The van der Waals surface area contributed by atoms with E-state index in [-0.39, 0.29) is 11.8 Å². The minimum atomic E-state index is -0.454. The predicted octanol–water partition coefficient (Wildman–Crippen LogP) is 2.79. The first-order valence-corrected chi connectivity index (χ1v) is 8.53. The van der Waals surface area contributed by atoms with Gasteiger partial charge in [0.15, 0.2) is 0 Å². The lowest BCUT2D eigenvalue weighted by Crippen LogP contribution is -2.59. The van der Waals surface area contributed by atoms with Gasteiger partial charge in [-0.25, -0.2) is 0 Å². The topological polar surface area (TPSA) is 40.6 Å². The van der Waals surface area contributed by atoms with Gasteiger partial charge in [0, 0.05) is 24.2 Å². The Morgan fingerprint density at radius 2 is 1.83 bits per heavy atom. The van der Waals surface area contributed by atoms with Gasteiger partial charge in [-0.05, 0) is 49.4 Å². The molecule has 0 radical (unpaired) electrons. The second kappa shape index (κ2) is 5.66. The molecule has 2 aliphatic rings. The van der Waals surface area contributed by atoms with Crippen molar-refractivity contribution in [3.05, 3.63) is 29.3 Å². The van der Waals surface area contributed by atoms with Crippen LogP contribution in [0.2, 0.25) is 0 Å². The highest BCUT2D eigenvalue weighted by Crippen LogP contribution is 2.29. The Kier molecular flexibility index (Phi) is 3.95. The molecule has 0 saturated carbocycles. The summed E-state index contributed by atoms with van der Waals surface area (Å²) in [6.45, 7) is 8.72. The van der Waals surface area contributed by atoms with Gasteiger partial charge in [-0.15, -0.1) is 0 Å². The second-order valence-electron chi connectivity index (χ2n) is 7.72. The molecule has 2 amide bonds. The van der Waals surface area contributed by atoms with Gasteiger partial charge in [-0.1, -0.05) is 26.8 Å². The molecule has 1 unspecified atom stereocenters. The smallest absolute Gasteiger partial charge is 0.249 e. The molecule has 0 spiro atoms. The Labute approximate surface area is 138 Å². The van der Waals surface area contributed by atoms with Gasteiger partial charge in [-0.3, -0.25) is 9.59 Å². The highest BCUT2D eigenvalue weighted by Gasteiger charge is 2.38. The minimum Gasteiger partial charge on any atom is -0.329 e. The highest BCUT2D eigenvalue weighted by atomic mass is 16.2. The number of rotatable bonds is 1. The first-order valence-electron chi connectivity index (χ1n) is 8.53. The maximum atomic E-state index is 12.8. The third kappa shape index (κ3) is 2.87. The van der Waals surface area contributed by atoms with Crippen LogP contribution in [0.15, 0.2) is 18.2 Å². The molecule has 23 heavy (non-hydrogen) atoms. The van der Waals surface area contributed by atoms with Crippen molar-refractivity contribution in [2.45, 2.75) is 53.0 Å². The van der Waals surface area contributed by atoms with E-state index in [1.165, 1.54) is 17.5 Å². The molecule has 0 bridgehead atoms. The lowest BCUT2D eigenvalue weighted by atomic mass is 9.93. The molecule has 1 fully saturated rings. The van der Waals surface area contributed by atoms with Gasteiger partial charge in [-0.2, -0.15) is 0 Å². The highest BCUT2D eigenvalue weighted by molar-refractivity contribution is 6.00. The van der Waals surface area contributed by atoms with Gasteiger partial charge >= 0.3 is 0 Å². The summed E-state index contributed by atoms with van der Waals surface area (Å²) in [5.41, 5.74) is 3.31. The number of fused-ring (bicyclic) bond motifs is 1. The van der Waals surface area contributed by atoms with Gasteiger partial charge in [0.05, 0.1) is 0 Å². The molecule has 0 N–H and O–H groups in total. The molecule has 1 atom stereocenters. The SMILES string of the molecule is CC1C(=O)N(c2ccc3c(c2)CCC3)CCN1C(=O)C(C)(C)C. The number of nitrogens with zero attached hydrogens (tertiary/aromatic N) is 2. The molecule has 1 aromatic carbocycles. The maximum Gasteiger partial charge on any atom is 0.249 e. The first-order chi connectivity index (χ1) is 10.8. The molecule has 124 valence electrons. The van der Waals surface area contributed by atoms with E-state index in [0.29, 0.717) is 13.1 Å². The Bertz CT molecular complexity index is 645. The lowest BCUT2D eigenvalue weighted by Gasteiger charge is -2.41. The molecule has 3 rings (SSSR count). The molecule has 4 heteroatoms. The van der Waals surface area contributed by atoms with Crippen molar-refractivity contribution in [2.24, 2.45) is 5.41 Å². The third-order valence-corrected chi connectivity index (χ3v) is 4.95. The standard InChI is InChI=1S/C19H26N2O2/c1-13-17(22)21(11-10-20(13)18(23)19(2,3)4)16-9-8-14-6-5-7-15(14)12-16/h8-9,12-13H,5-7,10-11H2,1-4H3. The van der Waals surface area contributed by atoms with Crippen molar-refractivity contribution in [2.75, 3.05) is 18.0 Å². The van der Waals surface area contributed by atoms with E-state index in [2.05, 4.69) is 18.2 Å². The fourth-order valence-electron chi connectivity index (χ4n) is 3.56. The van der Waals surface area contributed by atoms with Crippen LogP contribution in [0.3, 0.4) is 0 Å². The zero-order valence-electron chi connectivity index (χ0n) is 14.6. The van der Waals surface area contributed by atoms with Crippen LogP contribution in [0.25, 0.3) is 0 Å². The summed E-state index contributed by atoms with van der Waals surface area (Å²) in [5, 5.41) is 0. The van der Waals surface area contributed by atoms with E-state index in [9.17, 15) is 9.59 Å². The summed E-state index contributed by atoms with van der Waals surface area (Å²) in [6.07, 6.45) is 3.46. The number of piperazine rings is 1. The summed E-state index contributed by atoms with van der Waals surface area (Å²) < 4.78 is 0. The molecule has 0 aromatic heterocycles. The fraction of sp³-hybridized carbons (Fsp3) is 0.579. The number of hydrogen-bond donors (Lipinski definition) is 0. The Morgan fingerprint density at radius 3 is 2.52 bits per heavy atom. The van der Waals surface area contributed by atoms with E-state index >= 15 is 0 Å². The Morgan fingerprint density at radius 1 is 1.13 bits per heavy atom. The van der Waals surface area contributed by atoms with Gasteiger partial charge in [0.25, 0.3) is 0 Å². The number of carbonyl (C=O) groups excluding carboxylic acids is 2. The van der Waals surface area contributed by atoms with E-state index in [0.717, 1.165) is 18.5 Å². The zero-order valence-corrected chi connectivity index (χ0v) is 14.6. The molecule has 4 nitrogen and oxygen atoms in total. The molecule has 1 aliphatic carbocycles. The van der Waals surface area contributed by atoms with E-state index in [1.807, 2.05) is 32.6 Å². The van der Waals surface area contributed by atoms with Gasteiger partial charge in [0.2, 0.25) is 11.8 Å². The lowest BCUT2D eigenvalue weighted by molar-refractivity contribution is -0.147. The number of benzene rings is 1. The molecule has 1 aromatic rings. The van der Waals surface area contributed by atoms with Gasteiger partial charge < -0.3 is 9.80 Å². The number of amides is 2. The van der Waals surface area contributed by atoms with Crippen LogP contribution in [0.4, 0.5) is 5.69 Å². The first kappa shape index (κ1) is 16.0. The van der Waals surface area contributed by atoms with Crippen LogP contribution >= 0.6 is 0 Å². The van der Waals surface area contributed by atoms with Crippen LogP contribution < -0.4 is 4.90 Å². The molecular weight excluding hydrogens is 288 g/mol. The van der Waals surface area contributed by atoms with Crippen molar-refractivity contribution in [1.29, 1.82) is 0 Å². The van der Waals surface area contributed by atoms with Gasteiger partial charge in [0.1, 0.15) is 6.04 Å². The van der Waals surface area contributed by atoms with Crippen LogP contribution in [-0.2, 0) is 22.4 Å². The van der Waals surface area contributed by atoms with E-state index < -0.39 is 11.5 Å².